The summed E-state index contributed by atoms with van der Waals surface area (Å²) >= 11 is 0. The number of nitrogen functional groups attached to an aromatic ring is 2. The van der Waals surface area contributed by atoms with Crippen LogP contribution in [0.2, 0.25) is 19.6 Å². The summed E-state index contributed by atoms with van der Waals surface area (Å²) in [5.41, 5.74) is 14.4. The summed E-state index contributed by atoms with van der Waals surface area (Å²) in [4.78, 5) is 68.5. The number of hydrogen-bond donors (Lipinski definition) is 6. The summed E-state index contributed by atoms with van der Waals surface area (Å²) in [7, 11) is 0.152. The molecule has 0 aliphatic rings. The smallest absolute Gasteiger partial charge is 0.326 e. The average molecular weight is 674 g/mol. The second-order valence-corrected chi connectivity index (χ2v) is 17.5. The van der Waals surface area contributed by atoms with Crippen molar-refractivity contribution < 1.29 is 29.4 Å². The molecule has 2 aromatic carbocycles. The quantitative estimate of drug-likeness (QED) is 0.104. The van der Waals surface area contributed by atoms with E-state index >= 15 is 0 Å². The van der Waals surface area contributed by atoms with Gasteiger partial charge in [-0.2, -0.15) is 9.97 Å². The second-order valence-electron chi connectivity index (χ2n) is 12.4. The van der Waals surface area contributed by atoms with Crippen LogP contribution < -0.4 is 32.2 Å². The number of hydrogen-bond acceptors (Lipinski definition) is 11. The highest BCUT2D eigenvalue weighted by atomic mass is 28.3. The molecule has 48 heavy (non-hydrogen) atoms. The minimum atomic E-state index is -1.66. The van der Waals surface area contributed by atoms with E-state index in [9.17, 15) is 29.4 Å². The number of carbonyl (C=O) groups excluding carboxylic acids is 2. The molecule has 2 heterocycles. The summed E-state index contributed by atoms with van der Waals surface area (Å²) in [5, 5.41) is 25.4. The largest absolute Gasteiger partial charge is 0.481 e. The molecule has 16 heteroatoms. The number of carbonyl (C=O) groups is 4. The minimum Gasteiger partial charge on any atom is -0.481 e. The Kier molecular flexibility index (Phi) is 10.9. The van der Waals surface area contributed by atoms with Crippen molar-refractivity contribution >= 4 is 65.6 Å². The van der Waals surface area contributed by atoms with E-state index in [4.69, 9.17) is 11.5 Å². The molecule has 0 unspecified atom stereocenters. The number of nitrogens with zero attached hydrogens (tertiary/aromatic N) is 5. The normalized spacial score (nSPS) is 12.6. The van der Waals surface area contributed by atoms with Gasteiger partial charge in [0.1, 0.15) is 12.1 Å². The van der Waals surface area contributed by atoms with Gasteiger partial charge in [-0.25, -0.2) is 14.8 Å². The van der Waals surface area contributed by atoms with Crippen LogP contribution in [0.15, 0.2) is 54.7 Å². The molecule has 4 rings (SSSR count). The van der Waals surface area contributed by atoms with E-state index in [1.807, 2.05) is 30.1 Å². The number of nitrogens with two attached hydrogens (primary N) is 2. The highest BCUT2D eigenvalue weighted by Crippen LogP contribution is 2.19. The maximum Gasteiger partial charge on any atom is 0.326 e. The molecule has 0 bridgehead atoms. The number of benzene rings is 2. The molecule has 0 aliphatic heterocycles. The molecule has 0 fully saturated rings. The number of carboxylic acid groups (broad SMARTS) is 2. The molecular formula is C32H39N9O6Si. The Labute approximate surface area is 277 Å². The number of anilines is 3. The van der Waals surface area contributed by atoms with Crippen LogP contribution in [0.25, 0.3) is 11.2 Å². The van der Waals surface area contributed by atoms with E-state index in [2.05, 4.69) is 50.2 Å². The SMILES string of the molecule is CN(Cc1cnc2nc(N)nc(N)c2n1)c1ccc(C(=O)N[C@@H](CCC(=O)O)C(=O)N[C@@H](Cc2cccc([Si](C)(C)C)c2)C(=O)O)cc1. The standard InChI is InChI=1S/C32H39N9O6Si/c1-41(17-20-16-35-28-26(36-20)27(33)39-32(34)40-28)21-10-8-19(9-11-21)29(44)37-23(12-13-25(42)43)30(45)38-24(31(46)47)15-18-6-5-7-22(14-18)48(2,3)4/h5-11,14,16,23-24H,12-13,15,17H2,1-4H3,(H,37,44)(H,38,45)(H,42,43)(H,46,47)(H4,33,34,35,39,40)/t23-,24-/m0/s1. The Balaban J connectivity index is 1.43. The molecule has 0 saturated heterocycles. The maximum atomic E-state index is 13.3. The number of carboxylic acids is 2. The predicted molar refractivity (Wildman–Crippen MR) is 183 cm³/mol. The van der Waals surface area contributed by atoms with Crippen molar-refractivity contribution in [3.05, 3.63) is 71.5 Å². The van der Waals surface area contributed by atoms with E-state index in [0.29, 0.717) is 17.8 Å². The van der Waals surface area contributed by atoms with Crippen molar-refractivity contribution in [1.82, 2.24) is 30.6 Å². The van der Waals surface area contributed by atoms with Crippen molar-refractivity contribution in [3.63, 3.8) is 0 Å². The average Bonchev–Trinajstić information content (AvgIpc) is 3.02. The highest BCUT2D eigenvalue weighted by molar-refractivity contribution is 6.88. The molecule has 2 atom stereocenters. The Bertz CT molecular complexity index is 1830. The third-order valence-electron chi connectivity index (χ3n) is 7.59. The molecule has 252 valence electrons. The van der Waals surface area contributed by atoms with Gasteiger partial charge in [0.25, 0.3) is 5.91 Å². The summed E-state index contributed by atoms with van der Waals surface area (Å²) in [5.74, 6) is -3.71. The molecule has 0 aliphatic carbocycles. The fourth-order valence-corrected chi connectivity index (χ4v) is 6.13. The van der Waals surface area contributed by atoms with Crippen LogP contribution in [0.1, 0.15) is 34.5 Å². The summed E-state index contributed by atoms with van der Waals surface area (Å²) in [6.45, 7) is 6.87. The lowest BCUT2D eigenvalue weighted by Gasteiger charge is -2.22. The molecule has 2 aromatic heterocycles. The molecule has 4 aromatic rings. The van der Waals surface area contributed by atoms with Gasteiger partial charge in [-0.3, -0.25) is 14.4 Å². The number of nitrogens with one attached hydrogen (secondary N) is 2. The Morgan fingerprint density at radius 2 is 1.65 bits per heavy atom. The lowest BCUT2D eigenvalue weighted by atomic mass is 10.0. The lowest BCUT2D eigenvalue weighted by molar-refractivity contribution is -0.142. The van der Waals surface area contributed by atoms with Crippen LogP contribution in [-0.4, -0.2) is 81.1 Å². The third-order valence-corrected chi connectivity index (χ3v) is 9.63. The van der Waals surface area contributed by atoms with Crippen LogP contribution in [0.4, 0.5) is 17.5 Å². The van der Waals surface area contributed by atoms with Gasteiger partial charge in [-0.1, -0.05) is 49.1 Å². The summed E-state index contributed by atoms with van der Waals surface area (Å²) in [6, 6.07) is 11.6. The first-order valence-electron chi connectivity index (χ1n) is 15.1. The van der Waals surface area contributed by atoms with Crippen molar-refractivity contribution in [2.75, 3.05) is 23.4 Å². The van der Waals surface area contributed by atoms with Crippen molar-refractivity contribution in [1.29, 1.82) is 0 Å². The lowest BCUT2D eigenvalue weighted by Crippen LogP contribution is -2.52. The topological polar surface area (TPSA) is 240 Å². The van der Waals surface area contributed by atoms with Crippen LogP contribution in [-0.2, 0) is 27.3 Å². The number of aromatic nitrogens is 4. The van der Waals surface area contributed by atoms with Crippen molar-refractivity contribution in [2.45, 2.75) is 57.5 Å². The van der Waals surface area contributed by atoms with E-state index < -0.39 is 50.3 Å². The Morgan fingerprint density at radius 1 is 0.938 bits per heavy atom. The zero-order valence-corrected chi connectivity index (χ0v) is 28.1. The molecule has 8 N–H and O–H groups in total. The van der Waals surface area contributed by atoms with Crippen molar-refractivity contribution in [2.24, 2.45) is 0 Å². The first kappa shape index (κ1) is 35.2. The van der Waals surface area contributed by atoms with Gasteiger partial charge in [0.05, 0.1) is 26.5 Å². The van der Waals surface area contributed by atoms with E-state index in [0.717, 1.165) is 16.4 Å². The van der Waals surface area contributed by atoms with Gasteiger partial charge in [0.15, 0.2) is 17.0 Å². The van der Waals surface area contributed by atoms with Crippen molar-refractivity contribution in [3.8, 4) is 0 Å². The van der Waals surface area contributed by atoms with Crippen LogP contribution in [0.5, 0.6) is 0 Å². The van der Waals surface area contributed by atoms with Gasteiger partial charge in [0.2, 0.25) is 11.9 Å². The van der Waals surface area contributed by atoms with E-state index in [1.54, 1.807) is 36.5 Å². The zero-order chi connectivity index (χ0) is 35.2. The zero-order valence-electron chi connectivity index (χ0n) is 27.1. The maximum absolute atomic E-state index is 13.3. The molecule has 0 spiro atoms. The number of fused-ring (bicyclic) bond motifs is 1. The van der Waals surface area contributed by atoms with Crippen LogP contribution in [0, 0.1) is 0 Å². The van der Waals surface area contributed by atoms with Gasteiger partial charge in [-0.05, 0) is 36.2 Å². The minimum absolute atomic E-state index is 0.000461. The summed E-state index contributed by atoms with van der Waals surface area (Å²) in [6.07, 6.45) is 0.921. The number of rotatable bonds is 14. The monoisotopic (exact) mass is 673 g/mol. The van der Waals surface area contributed by atoms with Gasteiger partial charge >= 0.3 is 11.9 Å². The first-order valence-corrected chi connectivity index (χ1v) is 18.6. The van der Waals surface area contributed by atoms with Gasteiger partial charge < -0.3 is 37.2 Å². The summed E-state index contributed by atoms with van der Waals surface area (Å²) < 4.78 is 0. The number of amides is 2. The van der Waals surface area contributed by atoms with Gasteiger partial charge in [0, 0.05) is 31.1 Å². The second kappa shape index (κ2) is 14.8. The first-order chi connectivity index (χ1) is 22.6. The predicted octanol–water partition coefficient (Wildman–Crippen LogP) is 1.54. The Hall–Kier alpha value is -5.64. The molecule has 2 amide bonds. The van der Waals surface area contributed by atoms with Crippen LogP contribution >= 0.6 is 0 Å². The molecular weight excluding hydrogens is 634 g/mol. The molecule has 0 radical (unpaired) electrons. The molecule has 0 saturated carbocycles. The van der Waals surface area contributed by atoms with Gasteiger partial charge in [-0.15, -0.1) is 0 Å². The van der Waals surface area contributed by atoms with Crippen LogP contribution in [0.3, 0.4) is 0 Å². The third kappa shape index (κ3) is 9.22. The Morgan fingerprint density at radius 3 is 2.29 bits per heavy atom. The molecule has 15 nitrogen and oxygen atoms in total. The van der Waals surface area contributed by atoms with E-state index in [1.165, 1.54) is 0 Å². The number of aliphatic carboxylic acids is 2. The fourth-order valence-electron chi connectivity index (χ4n) is 4.91. The van der Waals surface area contributed by atoms with E-state index in [-0.39, 0.29) is 35.8 Å². The highest BCUT2D eigenvalue weighted by Gasteiger charge is 2.28. The fraction of sp³-hybridized carbons (Fsp3) is 0.312.